The number of hydrogen-bond donors (Lipinski definition) is 0. The van der Waals surface area contributed by atoms with Crippen molar-refractivity contribution in [2.45, 2.75) is 0 Å². The average Bonchev–Trinajstić information content (AvgIpc) is 2.77. The van der Waals surface area contributed by atoms with Gasteiger partial charge in [-0.25, -0.2) is 9.97 Å². The van der Waals surface area contributed by atoms with E-state index in [2.05, 4.69) is 9.97 Å². The summed E-state index contributed by atoms with van der Waals surface area (Å²) in [6.45, 7) is 0. The predicted molar refractivity (Wildman–Crippen MR) is 39.6 cm³/mol. The van der Waals surface area contributed by atoms with Crippen LogP contribution in [-0.2, 0) is 0 Å². The van der Waals surface area contributed by atoms with Crippen LogP contribution in [0.25, 0.3) is 11.0 Å². The van der Waals surface area contributed by atoms with Gasteiger partial charge in [-0.2, -0.15) is 0 Å². The Hall–Kier alpha value is -1.64. The van der Waals surface area contributed by atoms with E-state index in [0.717, 1.165) is 11.0 Å². The van der Waals surface area contributed by atoms with Gasteiger partial charge < -0.3 is 4.74 Å². The van der Waals surface area contributed by atoms with Gasteiger partial charge in [0, 0.05) is 0 Å². The second-order valence-electron chi connectivity index (χ2n) is 2.42. The zero-order chi connectivity index (χ0) is 7.26. The van der Waals surface area contributed by atoms with Crippen molar-refractivity contribution >= 4 is 11.0 Å². The monoisotopic (exact) mass is 144 g/mol. The lowest BCUT2D eigenvalue weighted by Gasteiger charge is -1.87. The Morgan fingerprint density at radius 2 is 1.45 bits per heavy atom. The van der Waals surface area contributed by atoms with Gasteiger partial charge in [0.1, 0.15) is 0 Å². The summed E-state index contributed by atoms with van der Waals surface area (Å²) < 4.78 is 4.96. The summed E-state index contributed by atoms with van der Waals surface area (Å²) in [4.78, 5) is 8.37. The highest BCUT2D eigenvalue weighted by atomic mass is 16.6. The quantitative estimate of drug-likeness (QED) is 0.451. The zero-order valence-corrected chi connectivity index (χ0v) is 5.61. The molecule has 0 atom stereocenters. The van der Waals surface area contributed by atoms with Crippen LogP contribution in [0.4, 0.5) is 0 Å². The van der Waals surface area contributed by atoms with E-state index in [0.29, 0.717) is 11.8 Å². The van der Waals surface area contributed by atoms with Gasteiger partial charge in [0.2, 0.25) is 0 Å². The first-order valence-corrected chi connectivity index (χ1v) is 3.38. The van der Waals surface area contributed by atoms with Crippen molar-refractivity contribution in [2.24, 2.45) is 0 Å². The molecule has 0 N–H and O–H groups in total. The summed E-state index contributed by atoms with van der Waals surface area (Å²) in [5, 5.41) is 0. The molecule has 1 aromatic heterocycles. The molecule has 0 unspecified atom stereocenters. The lowest BCUT2D eigenvalue weighted by Crippen LogP contribution is -1.74. The molecule has 1 aliphatic rings. The average molecular weight is 144 g/mol. The zero-order valence-electron chi connectivity index (χ0n) is 5.61. The third-order valence-corrected chi connectivity index (χ3v) is 1.66. The molecule has 52 valence electrons. The Morgan fingerprint density at radius 1 is 0.909 bits per heavy atom. The Morgan fingerprint density at radius 3 is 2.00 bits per heavy atom. The van der Waals surface area contributed by atoms with Gasteiger partial charge in [0.25, 0.3) is 11.8 Å². The summed E-state index contributed by atoms with van der Waals surface area (Å²) in [5.41, 5.74) is 1.78. The molecule has 0 fully saturated rings. The molecule has 0 radical (unpaired) electrons. The van der Waals surface area contributed by atoms with E-state index in [9.17, 15) is 0 Å². The predicted octanol–water partition coefficient (Wildman–Crippen LogP) is 1.74. The summed E-state index contributed by atoms with van der Waals surface area (Å²) in [6, 6.07) is 7.71. The van der Waals surface area contributed by atoms with E-state index >= 15 is 0 Å². The lowest BCUT2D eigenvalue weighted by atomic mass is 10.3. The minimum atomic E-state index is 0.670. The third-order valence-electron chi connectivity index (χ3n) is 1.66. The number of nitrogens with zero attached hydrogens (tertiary/aromatic N) is 2. The van der Waals surface area contributed by atoms with Crippen LogP contribution in [0.15, 0.2) is 24.3 Å². The number of benzene rings is 1. The Labute approximate surface area is 62.7 Å². The SMILES string of the molecule is c1ccc2nc3c(nc2c1)O3. The first kappa shape index (κ1) is 5.07. The van der Waals surface area contributed by atoms with Crippen LogP contribution in [0.3, 0.4) is 0 Å². The molecule has 1 aliphatic heterocycles. The second kappa shape index (κ2) is 1.50. The fourth-order valence-corrected chi connectivity index (χ4v) is 1.08. The minimum Gasteiger partial charge on any atom is -0.410 e. The van der Waals surface area contributed by atoms with Gasteiger partial charge in [-0.15, -0.1) is 0 Å². The highest BCUT2D eigenvalue weighted by Crippen LogP contribution is 2.41. The summed E-state index contributed by atoms with van der Waals surface area (Å²) in [5.74, 6) is 1.34. The normalized spacial score (nSPS) is 12.4. The maximum atomic E-state index is 4.96. The van der Waals surface area contributed by atoms with Crippen LogP contribution in [0.5, 0.6) is 11.8 Å². The molecule has 0 saturated heterocycles. The molecule has 3 heteroatoms. The Bertz CT molecular complexity index is 399. The molecule has 3 nitrogen and oxygen atoms in total. The van der Waals surface area contributed by atoms with Crippen LogP contribution in [0.2, 0.25) is 0 Å². The Kier molecular flexibility index (Phi) is 0.692. The number of aromatic nitrogens is 2. The Balaban J connectivity index is 2.51. The number of ether oxygens (including phenoxy) is 1. The largest absolute Gasteiger partial charge is 0.410 e. The fraction of sp³-hybridized carbons (Fsp3) is 0. The van der Waals surface area contributed by atoms with E-state index in [1.165, 1.54) is 0 Å². The van der Waals surface area contributed by atoms with E-state index in [-0.39, 0.29) is 0 Å². The maximum absolute atomic E-state index is 4.96. The number of rotatable bonds is 0. The molecular formula is C8H4N2O. The van der Waals surface area contributed by atoms with Crippen LogP contribution >= 0.6 is 0 Å². The molecule has 1 aromatic carbocycles. The lowest BCUT2D eigenvalue weighted by molar-refractivity contribution is 0.623. The van der Waals surface area contributed by atoms with Crippen LogP contribution in [-0.4, -0.2) is 9.97 Å². The molecule has 0 saturated carbocycles. The third kappa shape index (κ3) is 0.620. The van der Waals surface area contributed by atoms with Crippen molar-refractivity contribution in [1.29, 1.82) is 0 Å². The van der Waals surface area contributed by atoms with E-state index in [1.807, 2.05) is 24.3 Å². The van der Waals surface area contributed by atoms with Gasteiger partial charge in [0.05, 0.1) is 11.0 Å². The van der Waals surface area contributed by atoms with Crippen molar-refractivity contribution in [3.63, 3.8) is 0 Å². The maximum Gasteiger partial charge on any atom is 0.286 e. The number of fused-ring (bicyclic) bond motifs is 2. The molecule has 0 amide bonds. The first-order valence-electron chi connectivity index (χ1n) is 3.38. The van der Waals surface area contributed by atoms with Gasteiger partial charge >= 0.3 is 0 Å². The summed E-state index contributed by atoms with van der Waals surface area (Å²) in [6.07, 6.45) is 0. The van der Waals surface area contributed by atoms with E-state index in [4.69, 9.17) is 4.74 Å². The first-order chi connectivity index (χ1) is 5.43. The summed E-state index contributed by atoms with van der Waals surface area (Å²) >= 11 is 0. The van der Waals surface area contributed by atoms with Crippen molar-refractivity contribution in [3.05, 3.63) is 24.3 Å². The highest BCUT2D eigenvalue weighted by Gasteiger charge is 2.24. The van der Waals surface area contributed by atoms with Crippen LogP contribution < -0.4 is 4.74 Å². The van der Waals surface area contributed by atoms with Crippen molar-refractivity contribution in [1.82, 2.24) is 9.97 Å². The molecule has 2 heterocycles. The molecule has 0 bridgehead atoms. The fourth-order valence-electron chi connectivity index (χ4n) is 1.08. The molecule has 0 spiro atoms. The smallest absolute Gasteiger partial charge is 0.286 e. The van der Waals surface area contributed by atoms with E-state index in [1.54, 1.807) is 0 Å². The topological polar surface area (TPSA) is 38.3 Å². The van der Waals surface area contributed by atoms with Crippen molar-refractivity contribution in [3.8, 4) is 11.8 Å². The van der Waals surface area contributed by atoms with Crippen LogP contribution in [0, 0.1) is 0 Å². The van der Waals surface area contributed by atoms with Gasteiger partial charge in [-0.05, 0) is 12.1 Å². The molecule has 11 heavy (non-hydrogen) atoms. The molecule has 2 aromatic rings. The minimum absolute atomic E-state index is 0.670. The highest BCUT2D eigenvalue weighted by molar-refractivity contribution is 5.76. The summed E-state index contributed by atoms with van der Waals surface area (Å²) in [7, 11) is 0. The van der Waals surface area contributed by atoms with Crippen molar-refractivity contribution < 1.29 is 4.74 Å². The van der Waals surface area contributed by atoms with Gasteiger partial charge in [-0.1, -0.05) is 12.1 Å². The number of hydrogen-bond acceptors (Lipinski definition) is 3. The molecule has 3 rings (SSSR count). The molecular weight excluding hydrogens is 140 g/mol. The van der Waals surface area contributed by atoms with Crippen molar-refractivity contribution in [2.75, 3.05) is 0 Å². The van der Waals surface area contributed by atoms with Gasteiger partial charge in [0.15, 0.2) is 0 Å². The van der Waals surface area contributed by atoms with Crippen LogP contribution in [0.1, 0.15) is 0 Å². The number of para-hydroxylation sites is 2. The van der Waals surface area contributed by atoms with E-state index < -0.39 is 0 Å². The standard InChI is InChI=1S/C8H4N2O/c1-2-4-6-5(3-1)9-7-8(10-6)11-7/h1-4H. The second-order valence-corrected chi connectivity index (χ2v) is 2.42. The van der Waals surface area contributed by atoms with Gasteiger partial charge in [-0.3, -0.25) is 0 Å². The molecule has 0 aliphatic carbocycles.